The molecule has 0 radical (unpaired) electrons. The first-order chi connectivity index (χ1) is 3.43. The third kappa shape index (κ3) is 1.03. The van der Waals surface area contributed by atoms with Crippen LogP contribution in [0.15, 0.2) is 11.6 Å². The predicted octanol–water partition coefficient (Wildman–Crippen LogP) is 1.06. The first-order valence-electron chi connectivity index (χ1n) is 2.81. The Balaban J connectivity index is 2.15. The molecule has 0 aromatic heterocycles. The fourth-order valence-corrected chi connectivity index (χ4v) is 0.761. The van der Waals surface area contributed by atoms with E-state index in [0.29, 0.717) is 0 Å². The normalized spacial score (nSPS) is 18.1. The molecule has 0 saturated carbocycles. The Morgan fingerprint density at radius 2 is 2.43 bits per heavy atom. The Hall–Kier alpha value is -0.300. The zero-order chi connectivity index (χ0) is 5.11. The summed E-state index contributed by atoms with van der Waals surface area (Å²) < 4.78 is 0. The van der Waals surface area contributed by atoms with Crippen LogP contribution in [0.3, 0.4) is 0 Å². The summed E-state index contributed by atoms with van der Waals surface area (Å²) in [5.74, 6) is 0. The molecule has 0 amide bonds. The fraction of sp³-hybridized carbons (Fsp3) is 0.667. The quantitative estimate of drug-likeness (QED) is 0.512. The number of rotatable bonds is 2. The Bertz CT molecular complexity index is 84.2. The summed E-state index contributed by atoms with van der Waals surface area (Å²) in [5, 5.41) is 0. The van der Waals surface area contributed by atoms with Gasteiger partial charge in [0.25, 0.3) is 0 Å². The molecule has 40 valence electrons. The second-order valence-electron chi connectivity index (χ2n) is 1.94. The summed E-state index contributed by atoms with van der Waals surface area (Å²) in [6.07, 6.45) is 5.99. The van der Waals surface area contributed by atoms with Crippen LogP contribution in [0.2, 0.25) is 0 Å². The Morgan fingerprint density at radius 1 is 1.71 bits per heavy atom. The second-order valence-corrected chi connectivity index (χ2v) is 1.94. The minimum Gasteiger partial charge on any atom is -0.330 e. The van der Waals surface area contributed by atoms with Crippen molar-refractivity contribution < 1.29 is 0 Å². The Kier molecular flexibility index (Phi) is 1.47. The van der Waals surface area contributed by atoms with Gasteiger partial charge in [0.2, 0.25) is 0 Å². The molecule has 1 aliphatic carbocycles. The summed E-state index contributed by atoms with van der Waals surface area (Å²) in [6.45, 7) is 0.825. The minimum atomic E-state index is 0.825. The number of allylic oxidation sites excluding steroid dienone is 1. The lowest BCUT2D eigenvalue weighted by Gasteiger charge is -2.11. The van der Waals surface area contributed by atoms with Crippen molar-refractivity contribution in [1.82, 2.24) is 0 Å². The standard InChI is InChI=1S/C6H11N/c7-5-4-6-2-1-3-6/h2H,1,3-5,7H2. The molecule has 0 saturated heterocycles. The molecule has 1 nitrogen and oxygen atoms in total. The van der Waals surface area contributed by atoms with E-state index in [4.69, 9.17) is 5.73 Å². The van der Waals surface area contributed by atoms with Gasteiger partial charge in [-0.15, -0.1) is 0 Å². The maximum absolute atomic E-state index is 5.30. The van der Waals surface area contributed by atoms with Gasteiger partial charge in [-0.25, -0.2) is 0 Å². The highest BCUT2D eigenvalue weighted by atomic mass is 14.5. The predicted molar refractivity (Wildman–Crippen MR) is 31.0 cm³/mol. The second kappa shape index (κ2) is 2.12. The fourth-order valence-electron chi connectivity index (χ4n) is 0.761. The van der Waals surface area contributed by atoms with Crippen LogP contribution in [-0.2, 0) is 0 Å². The van der Waals surface area contributed by atoms with Crippen LogP contribution in [0, 0.1) is 0 Å². The molecule has 0 unspecified atom stereocenters. The molecule has 1 aliphatic rings. The highest BCUT2D eigenvalue weighted by Crippen LogP contribution is 2.19. The van der Waals surface area contributed by atoms with E-state index in [-0.39, 0.29) is 0 Å². The van der Waals surface area contributed by atoms with Crippen LogP contribution in [-0.4, -0.2) is 6.54 Å². The smallest absolute Gasteiger partial charge is 0.00399 e. The maximum atomic E-state index is 5.30. The average Bonchev–Trinajstić information content (AvgIpc) is 1.55. The first-order valence-corrected chi connectivity index (χ1v) is 2.81. The van der Waals surface area contributed by atoms with Gasteiger partial charge in [0.05, 0.1) is 0 Å². The molecule has 0 aromatic rings. The largest absolute Gasteiger partial charge is 0.330 e. The molecule has 0 aliphatic heterocycles. The highest BCUT2D eigenvalue weighted by molar-refractivity contribution is 5.11. The van der Waals surface area contributed by atoms with Crippen LogP contribution in [0.25, 0.3) is 0 Å². The van der Waals surface area contributed by atoms with Crippen molar-refractivity contribution in [3.8, 4) is 0 Å². The van der Waals surface area contributed by atoms with Gasteiger partial charge in [0.15, 0.2) is 0 Å². The van der Waals surface area contributed by atoms with E-state index in [1.54, 1.807) is 5.57 Å². The molecule has 0 atom stereocenters. The van der Waals surface area contributed by atoms with Crippen LogP contribution in [0.1, 0.15) is 19.3 Å². The molecule has 1 rings (SSSR count). The summed E-state index contributed by atoms with van der Waals surface area (Å²) in [6, 6.07) is 0. The monoisotopic (exact) mass is 97.1 g/mol. The van der Waals surface area contributed by atoms with Crippen LogP contribution in [0.5, 0.6) is 0 Å². The lowest BCUT2D eigenvalue weighted by Crippen LogP contribution is -2.03. The number of nitrogens with two attached hydrogens (primary N) is 1. The van der Waals surface area contributed by atoms with Crippen molar-refractivity contribution in [2.75, 3.05) is 6.54 Å². The molecule has 2 N–H and O–H groups in total. The van der Waals surface area contributed by atoms with E-state index < -0.39 is 0 Å². The minimum absolute atomic E-state index is 0.825. The van der Waals surface area contributed by atoms with E-state index in [2.05, 4.69) is 6.08 Å². The summed E-state index contributed by atoms with van der Waals surface area (Å²) in [5.41, 5.74) is 6.86. The molecule has 0 heterocycles. The summed E-state index contributed by atoms with van der Waals surface area (Å²) in [4.78, 5) is 0. The van der Waals surface area contributed by atoms with E-state index in [9.17, 15) is 0 Å². The lowest BCUT2D eigenvalue weighted by molar-refractivity contribution is 0.783. The summed E-state index contributed by atoms with van der Waals surface area (Å²) in [7, 11) is 0. The van der Waals surface area contributed by atoms with Gasteiger partial charge in [-0.2, -0.15) is 0 Å². The molecule has 1 heteroatoms. The number of hydrogen-bond donors (Lipinski definition) is 1. The van der Waals surface area contributed by atoms with Crippen molar-refractivity contribution in [3.63, 3.8) is 0 Å². The SMILES string of the molecule is NCCC1=CCC1. The highest BCUT2D eigenvalue weighted by Gasteiger charge is 2.01. The van der Waals surface area contributed by atoms with Gasteiger partial charge < -0.3 is 5.73 Å². The van der Waals surface area contributed by atoms with E-state index in [0.717, 1.165) is 13.0 Å². The van der Waals surface area contributed by atoms with E-state index in [1.807, 2.05) is 0 Å². The van der Waals surface area contributed by atoms with Crippen molar-refractivity contribution in [2.24, 2.45) is 5.73 Å². The molecule has 0 bridgehead atoms. The molecule has 0 fully saturated rings. The molecule has 0 spiro atoms. The topological polar surface area (TPSA) is 26.0 Å². The van der Waals surface area contributed by atoms with Crippen LogP contribution < -0.4 is 5.73 Å². The third-order valence-corrected chi connectivity index (χ3v) is 1.36. The van der Waals surface area contributed by atoms with E-state index >= 15 is 0 Å². The Morgan fingerprint density at radius 3 is 2.57 bits per heavy atom. The average molecular weight is 97.2 g/mol. The van der Waals surface area contributed by atoms with Crippen LogP contribution >= 0.6 is 0 Å². The van der Waals surface area contributed by atoms with Crippen LogP contribution in [0.4, 0.5) is 0 Å². The van der Waals surface area contributed by atoms with Gasteiger partial charge in [-0.3, -0.25) is 0 Å². The van der Waals surface area contributed by atoms with Crippen molar-refractivity contribution in [1.29, 1.82) is 0 Å². The molecule has 0 aromatic carbocycles. The lowest BCUT2D eigenvalue weighted by atomic mass is 9.96. The van der Waals surface area contributed by atoms with Crippen molar-refractivity contribution in [3.05, 3.63) is 11.6 Å². The first kappa shape index (κ1) is 4.85. The Labute approximate surface area is 44.2 Å². The summed E-state index contributed by atoms with van der Waals surface area (Å²) >= 11 is 0. The molecule has 7 heavy (non-hydrogen) atoms. The van der Waals surface area contributed by atoms with Gasteiger partial charge in [0.1, 0.15) is 0 Å². The van der Waals surface area contributed by atoms with Crippen molar-refractivity contribution >= 4 is 0 Å². The van der Waals surface area contributed by atoms with Gasteiger partial charge in [0, 0.05) is 0 Å². The third-order valence-electron chi connectivity index (χ3n) is 1.36. The van der Waals surface area contributed by atoms with Gasteiger partial charge in [-0.1, -0.05) is 11.6 Å². The zero-order valence-electron chi connectivity index (χ0n) is 4.48. The zero-order valence-corrected chi connectivity index (χ0v) is 4.48. The van der Waals surface area contributed by atoms with Gasteiger partial charge in [-0.05, 0) is 25.8 Å². The molecular weight excluding hydrogens is 86.1 g/mol. The molecular formula is C6H11N. The van der Waals surface area contributed by atoms with E-state index in [1.165, 1.54) is 12.8 Å². The number of hydrogen-bond acceptors (Lipinski definition) is 1. The van der Waals surface area contributed by atoms with Crippen molar-refractivity contribution in [2.45, 2.75) is 19.3 Å². The van der Waals surface area contributed by atoms with Gasteiger partial charge >= 0.3 is 0 Å². The maximum Gasteiger partial charge on any atom is -0.00399 e.